The van der Waals surface area contributed by atoms with Gasteiger partial charge in [-0.1, -0.05) is 66.2 Å². The number of piperazine rings is 1. The minimum atomic E-state index is -4.49. The number of benzene rings is 5. The maximum Gasteiger partial charge on any atom is 0.293 e. The zero-order valence-electron chi connectivity index (χ0n) is 33.4. The molecule has 2 aliphatic heterocycles. The normalized spacial score (nSPS) is 16.4. The summed E-state index contributed by atoms with van der Waals surface area (Å²) in [4.78, 5) is 32.2. The standard InChI is InChI=1S/C44H47ClN6O7S3/c45-36-13-17-41(33-7-3-1-4-8-33)35(29-36)31-49-21-23-50(24-22-49)38-14-11-34(12-15-38)44(52)47-61(57,58)40-16-18-42(43(30-40)51(53)54)46-37(32-59-39-9-5-2-6-10-39)19-20-48-25-27-60(55,56)28-26-48/h1-18,29-30,37,46H,19-28,31-32H2,(H,47,52)/t37-/m1/s1. The number of nitro benzene ring substituents is 1. The number of anilines is 2. The van der Waals surface area contributed by atoms with Crippen LogP contribution in [0, 0.1) is 10.1 Å². The van der Waals surface area contributed by atoms with E-state index in [2.05, 4.69) is 42.9 Å². The van der Waals surface area contributed by atoms with Gasteiger partial charge in [-0.3, -0.25) is 19.8 Å². The molecule has 0 spiro atoms. The molecule has 5 aromatic rings. The molecule has 0 unspecified atom stereocenters. The van der Waals surface area contributed by atoms with Crippen molar-refractivity contribution in [2.24, 2.45) is 0 Å². The first kappa shape index (κ1) is 44.1. The topological polar surface area (TPSA) is 162 Å². The van der Waals surface area contributed by atoms with E-state index in [0.717, 1.165) is 66.1 Å². The molecule has 1 amide bonds. The van der Waals surface area contributed by atoms with Gasteiger partial charge in [-0.15, -0.1) is 11.8 Å². The van der Waals surface area contributed by atoms with Crippen LogP contribution in [0.4, 0.5) is 17.1 Å². The monoisotopic (exact) mass is 902 g/mol. The molecule has 0 aromatic heterocycles. The molecule has 2 aliphatic rings. The van der Waals surface area contributed by atoms with Gasteiger partial charge in [0.1, 0.15) is 5.69 Å². The van der Waals surface area contributed by atoms with Crippen LogP contribution in [0.1, 0.15) is 22.3 Å². The van der Waals surface area contributed by atoms with Crippen molar-refractivity contribution < 1.29 is 26.6 Å². The summed E-state index contributed by atoms with van der Waals surface area (Å²) in [5, 5.41) is 16.3. The molecule has 7 rings (SSSR count). The van der Waals surface area contributed by atoms with Crippen LogP contribution >= 0.6 is 23.4 Å². The van der Waals surface area contributed by atoms with Crippen molar-refractivity contribution in [2.45, 2.75) is 28.8 Å². The second-order valence-electron chi connectivity index (χ2n) is 15.1. The summed E-state index contributed by atoms with van der Waals surface area (Å²) in [6.45, 7) is 5.29. The maximum absolute atomic E-state index is 13.5. The van der Waals surface area contributed by atoms with Crippen LogP contribution in [0.5, 0.6) is 0 Å². The summed E-state index contributed by atoms with van der Waals surface area (Å²) in [5.41, 5.74) is 4.14. The van der Waals surface area contributed by atoms with E-state index in [1.165, 1.54) is 12.1 Å². The number of hydrogen-bond donors (Lipinski definition) is 2. The Morgan fingerprint density at radius 1 is 0.820 bits per heavy atom. The summed E-state index contributed by atoms with van der Waals surface area (Å²) in [7, 11) is -7.54. The van der Waals surface area contributed by atoms with Crippen molar-refractivity contribution in [3.8, 4) is 11.1 Å². The smallest absolute Gasteiger partial charge is 0.293 e. The molecule has 2 heterocycles. The zero-order valence-corrected chi connectivity index (χ0v) is 36.6. The summed E-state index contributed by atoms with van der Waals surface area (Å²) in [6.07, 6.45) is 0.558. The van der Waals surface area contributed by atoms with E-state index < -0.39 is 41.3 Å². The Balaban J connectivity index is 0.965. The lowest BCUT2D eigenvalue weighted by Crippen LogP contribution is -2.46. The second-order valence-corrected chi connectivity index (χ2v) is 20.6. The Bertz CT molecular complexity index is 2530. The quantitative estimate of drug-likeness (QED) is 0.0591. The molecule has 13 nitrogen and oxygen atoms in total. The molecule has 1 atom stereocenters. The van der Waals surface area contributed by atoms with E-state index in [4.69, 9.17) is 11.6 Å². The zero-order chi connectivity index (χ0) is 43.0. The Labute approximate surface area is 366 Å². The third-order valence-corrected chi connectivity index (χ3v) is 15.2. The average Bonchev–Trinajstić information content (AvgIpc) is 3.26. The number of hydrogen-bond acceptors (Lipinski definition) is 12. The lowest BCUT2D eigenvalue weighted by atomic mass is 9.99. The molecule has 61 heavy (non-hydrogen) atoms. The van der Waals surface area contributed by atoms with Gasteiger partial charge in [0, 0.05) is 91.4 Å². The molecule has 0 saturated carbocycles. The summed E-state index contributed by atoms with van der Waals surface area (Å²) in [6, 6.07) is 35.9. The van der Waals surface area contributed by atoms with Gasteiger partial charge in [-0.2, -0.15) is 0 Å². The average molecular weight is 904 g/mol. The van der Waals surface area contributed by atoms with Crippen molar-refractivity contribution in [1.82, 2.24) is 14.5 Å². The molecular formula is C44H47ClN6O7S3. The van der Waals surface area contributed by atoms with Gasteiger partial charge in [-0.05, 0) is 83.8 Å². The molecule has 0 bridgehead atoms. The van der Waals surface area contributed by atoms with Crippen LogP contribution in [0.25, 0.3) is 11.1 Å². The molecule has 5 aromatic carbocycles. The number of sulfonamides is 1. The van der Waals surface area contributed by atoms with Gasteiger partial charge in [0.15, 0.2) is 9.84 Å². The first-order valence-corrected chi connectivity index (χ1v) is 24.6. The van der Waals surface area contributed by atoms with Crippen LogP contribution < -0.4 is 14.9 Å². The van der Waals surface area contributed by atoms with Crippen molar-refractivity contribution in [3.05, 3.63) is 148 Å². The fraction of sp³-hybridized carbons (Fsp3) is 0.295. The van der Waals surface area contributed by atoms with Crippen LogP contribution in [-0.4, -0.2) is 107 Å². The first-order chi connectivity index (χ1) is 29.3. The Morgan fingerprint density at radius 3 is 2.16 bits per heavy atom. The fourth-order valence-corrected chi connectivity index (χ4v) is 10.9. The summed E-state index contributed by atoms with van der Waals surface area (Å²) >= 11 is 7.97. The van der Waals surface area contributed by atoms with Gasteiger partial charge in [0.05, 0.1) is 21.3 Å². The fourth-order valence-electron chi connectivity index (χ4n) is 7.46. The van der Waals surface area contributed by atoms with Crippen molar-refractivity contribution in [1.29, 1.82) is 0 Å². The number of amides is 1. The van der Waals surface area contributed by atoms with Crippen molar-refractivity contribution in [2.75, 3.05) is 73.3 Å². The lowest BCUT2D eigenvalue weighted by Gasteiger charge is -2.36. The number of rotatable bonds is 16. The third-order valence-electron chi connectivity index (χ3n) is 10.9. The Morgan fingerprint density at radius 2 is 1.49 bits per heavy atom. The first-order valence-electron chi connectivity index (χ1n) is 20.0. The van der Waals surface area contributed by atoms with Gasteiger partial charge in [0.2, 0.25) is 0 Å². The van der Waals surface area contributed by atoms with Gasteiger partial charge < -0.3 is 15.1 Å². The molecular weight excluding hydrogens is 856 g/mol. The minimum absolute atomic E-state index is 0.0918. The number of carbonyl (C=O) groups excluding carboxylic acids is 1. The highest BCUT2D eigenvalue weighted by Crippen LogP contribution is 2.31. The molecule has 0 radical (unpaired) electrons. The van der Waals surface area contributed by atoms with E-state index >= 15 is 0 Å². The van der Waals surface area contributed by atoms with Gasteiger partial charge in [-0.25, -0.2) is 21.6 Å². The molecule has 2 fully saturated rings. The van der Waals surface area contributed by atoms with Gasteiger partial charge >= 0.3 is 0 Å². The largest absolute Gasteiger partial charge is 0.376 e. The highest BCUT2D eigenvalue weighted by Gasteiger charge is 2.27. The SMILES string of the molecule is O=C(NS(=O)(=O)c1ccc(N[C@H](CCN2CCS(=O)(=O)CC2)CSc2ccccc2)c([N+](=O)[O-])c1)c1ccc(N2CCN(Cc3cc(Cl)ccc3-c3ccccc3)CC2)cc1. The number of nitrogens with zero attached hydrogens (tertiary/aromatic N) is 4. The molecule has 17 heteroatoms. The highest BCUT2D eigenvalue weighted by atomic mass is 35.5. The summed E-state index contributed by atoms with van der Waals surface area (Å²) < 4.78 is 52.9. The second kappa shape index (κ2) is 19.8. The van der Waals surface area contributed by atoms with E-state index in [-0.39, 0.29) is 28.8 Å². The highest BCUT2D eigenvalue weighted by molar-refractivity contribution is 7.99. The predicted molar refractivity (Wildman–Crippen MR) is 243 cm³/mol. The van der Waals surface area contributed by atoms with Crippen LogP contribution in [0.2, 0.25) is 5.02 Å². The van der Waals surface area contributed by atoms with Crippen LogP contribution in [-0.2, 0) is 26.4 Å². The van der Waals surface area contributed by atoms with Crippen molar-refractivity contribution in [3.63, 3.8) is 0 Å². The number of halogens is 1. The Kier molecular flexibility index (Phi) is 14.3. The van der Waals surface area contributed by atoms with Crippen LogP contribution in [0.3, 0.4) is 0 Å². The number of carbonyl (C=O) groups is 1. The minimum Gasteiger partial charge on any atom is -0.376 e. The van der Waals surface area contributed by atoms with Crippen molar-refractivity contribution >= 4 is 66.2 Å². The molecule has 2 N–H and O–H groups in total. The third kappa shape index (κ3) is 11.9. The predicted octanol–water partition coefficient (Wildman–Crippen LogP) is 7.05. The molecule has 2 saturated heterocycles. The molecule has 0 aliphatic carbocycles. The molecule has 320 valence electrons. The lowest BCUT2D eigenvalue weighted by molar-refractivity contribution is -0.384. The van der Waals surface area contributed by atoms with Gasteiger partial charge in [0.25, 0.3) is 21.6 Å². The number of thioether (sulfide) groups is 1. The number of sulfone groups is 1. The Hall–Kier alpha value is -4.97. The van der Waals surface area contributed by atoms with E-state index in [1.54, 1.807) is 36.0 Å². The van der Waals surface area contributed by atoms with Crippen LogP contribution in [0.15, 0.2) is 131 Å². The summed E-state index contributed by atoms with van der Waals surface area (Å²) in [5.74, 6) is -0.137. The maximum atomic E-state index is 13.5. The van der Waals surface area contributed by atoms with E-state index in [1.807, 2.05) is 60.7 Å². The van der Waals surface area contributed by atoms with E-state index in [0.29, 0.717) is 36.8 Å². The number of nitrogens with one attached hydrogen (secondary N) is 2. The van der Waals surface area contributed by atoms with E-state index in [9.17, 15) is 31.7 Å². The number of nitro groups is 1.